The lowest BCUT2D eigenvalue weighted by Gasteiger charge is -2.39. The third-order valence-electron chi connectivity index (χ3n) is 4.41. The van der Waals surface area contributed by atoms with E-state index in [4.69, 9.17) is 0 Å². The highest BCUT2D eigenvalue weighted by Gasteiger charge is 2.42. The van der Waals surface area contributed by atoms with Crippen LogP contribution in [0.5, 0.6) is 0 Å². The molecular weight excluding hydrogens is 248 g/mol. The van der Waals surface area contributed by atoms with E-state index < -0.39 is 10.0 Å². The van der Waals surface area contributed by atoms with E-state index in [1.165, 1.54) is 12.8 Å². The SMILES string of the molecule is CC(C)CN1CCC2(CC1)CCN(S(C)(=O)=O)C2. The molecule has 0 unspecified atom stereocenters. The van der Waals surface area contributed by atoms with Crippen LogP contribution in [0.25, 0.3) is 0 Å². The van der Waals surface area contributed by atoms with Crippen LogP contribution in [0.15, 0.2) is 0 Å². The summed E-state index contributed by atoms with van der Waals surface area (Å²) in [5.74, 6) is 0.718. The zero-order valence-corrected chi connectivity index (χ0v) is 12.7. The molecule has 0 amide bonds. The predicted molar refractivity (Wildman–Crippen MR) is 74.0 cm³/mol. The fraction of sp³-hybridized carbons (Fsp3) is 1.00. The molecule has 18 heavy (non-hydrogen) atoms. The molecule has 106 valence electrons. The quantitative estimate of drug-likeness (QED) is 0.781. The smallest absolute Gasteiger partial charge is 0.211 e. The average molecular weight is 274 g/mol. The highest BCUT2D eigenvalue weighted by molar-refractivity contribution is 7.88. The Balaban J connectivity index is 1.90. The highest BCUT2D eigenvalue weighted by atomic mass is 32.2. The monoisotopic (exact) mass is 274 g/mol. The van der Waals surface area contributed by atoms with Gasteiger partial charge in [0.05, 0.1) is 6.26 Å². The Kier molecular flexibility index (Phi) is 4.04. The maximum absolute atomic E-state index is 11.6. The lowest BCUT2D eigenvalue weighted by Crippen LogP contribution is -2.43. The van der Waals surface area contributed by atoms with Crippen LogP contribution in [0.1, 0.15) is 33.1 Å². The van der Waals surface area contributed by atoms with Crippen molar-refractivity contribution in [3.05, 3.63) is 0 Å². The summed E-state index contributed by atoms with van der Waals surface area (Å²) in [5, 5.41) is 0. The van der Waals surface area contributed by atoms with Gasteiger partial charge in [0, 0.05) is 19.6 Å². The van der Waals surface area contributed by atoms with Crippen LogP contribution < -0.4 is 0 Å². The molecular formula is C13H26N2O2S. The van der Waals surface area contributed by atoms with E-state index in [2.05, 4.69) is 18.7 Å². The van der Waals surface area contributed by atoms with E-state index in [1.807, 2.05) is 0 Å². The second kappa shape index (κ2) is 5.10. The van der Waals surface area contributed by atoms with Gasteiger partial charge in [0.25, 0.3) is 0 Å². The second-order valence-electron chi connectivity index (χ2n) is 6.54. The van der Waals surface area contributed by atoms with Crippen molar-refractivity contribution in [2.45, 2.75) is 33.1 Å². The van der Waals surface area contributed by atoms with Crippen molar-refractivity contribution in [2.24, 2.45) is 11.3 Å². The zero-order chi connectivity index (χ0) is 13.4. The minimum absolute atomic E-state index is 0.274. The van der Waals surface area contributed by atoms with Gasteiger partial charge in [-0.15, -0.1) is 0 Å². The van der Waals surface area contributed by atoms with E-state index in [0.29, 0.717) is 0 Å². The molecule has 0 aliphatic carbocycles. The summed E-state index contributed by atoms with van der Waals surface area (Å²) in [6.07, 6.45) is 4.70. The number of hydrogen-bond acceptors (Lipinski definition) is 3. The van der Waals surface area contributed by atoms with Crippen molar-refractivity contribution in [1.82, 2.24) is 9.21 Å². The molecule has 2 aliphatic rings. The average Bonchev–Trinajstić information content (AvgIpc) is 2.66. The summed E-state index contributed by atoms with van der Waals surface area (Å²) in [6, 6.07) is 0. The zero-order valence-electron chi connectivity index (χ0n) is 11.9. The van der Waals surface area contributed by atoms with Crippen molar-refractivity contribution in [1.29, 1.82) is 0 Å². The Bertz CT molecular complexity index is 384. The summed E-state index contributed by atoms with van der Waals surface area (Å²) in [6.45, 7) is 9.43. The fourth-order valence-electron chi connectivity index (χ4n) is 3.31. The third-order valence-corrected chi connectivity index (χ3v) is 5.66. The van der Waals surface area contributed by atoms with Gasteiger partial charge in [-0.2, -0.15) is 0 Å². The number of rotatable bonds is 3. The maximum atomic E-state index is 11.6. The first-order valence-corrected chi connectivity index (χ1v) is 8.83. The number of hydrogen-bond donors (Lipinski definition) is 0. The Morgan fingerprint density at radius 3 is 2.11 bits per heavy atom. The van der Waals surface area contributed by atoms with Crippen molar-refractivity contribution in [3.63, 3.8) is 0 Å². The predicted octanol–water partition coefficient (Wildman–Crippen LogP) is 1.39. The number of sulfonamides is 1. The largest absolute Gasteiger partial charge is 0.303 e. The summed E-state index contributed by atoms with van der Waals surface area (Å²) in [7, 11) is -2.99. The van der Waals surface area contributed by atoms with Gasteiger partial charge in [-0.25, -0.2) is 12.7 Å². The Morgan fingerprint density at radius 1 is 1.11 bits per heavy atom. The van der Waals surface area contributed by atoms with Gasteiger partial charge in [0.1, 0.15) is 0 Å². The van der Waals surface area contributed by atoms with Crippen molar-refractivity contribution in [3.8, 4) is 0 Å². The Labute approximate surface area is 111 Å². The van der Waals surface area contributed by atoms with E-state index in [-0.39, 0.29) is 5.41 Å². The molecule has 0 aromatic carbocycles. The van der Waals surface area contributed by atoms with Crippen LogP contribution >= 0.6 is 0 Å². The summed E-state index contributed by atoms with van der Waals surface area (Å²) < 4.78 is 24.8. The first kappa shape index (κ1) is 14.3. The molecule has 0 radical (unpaired) electrons. The van der Waals surface area contributed by atoms with Crippen LogP contribution in [-0.2, 0) is 10.0 Å². The van der Waals surface area contributed by atoms with Gasteiger partial charge < -0.3 is 4.90 Å². The summed E-state index contributed by atoms with van der Waals surface area (Å²) in [4.78, 5) is 2.53. The molecule has 2 saturated heterocycles. The first-order valence-electron chi connectivity index (χ1n) is 6.98. The molecule has 0 bridgehead atoms. The summed E-state index contributed by atoms with van der Waals surface area (Å²) in [5.41, 5.74) is 0.274. The molecule has 0 N–H and O–H groups in total. The third kappa shape index (κ3) is 3.25. The standard InChI is InChI=1S/C13H26N2O2S/c1-12(2)10-14-7-4-13(5-8-14)6-9-15(11-13)18(3,16)17/h12H,4-11H2,1-3H3. The Hall–Kier alpha value is -0.130. The van der Waals surface area contributed by atoms with Gasteiger partial charge >= 0.3 is 0 Å². The molecule has 2 rings (SSSR count). The first-order chi connectivity index (χ1) is 8.31. The van der Waals surface area contributed by atoms with Crippen LogP contribution in [0.3, 0.4) is 0 Å². The van der Waals surface area contributed by atoms with Crippen molar-refractivity contribution < 1.29 is 8.42 Å². The van der Waals surface area contributed by atoms with Crippen LogP contribution in [-0.4, -0.2) is 56.6 Å². The van der Waals surface area contributed by atoms with Crippen LogP contribution in [0.2, 0.25) is 0 Å². The second-order valence-corrected chi connectivity index (χ2v) is 8.52. The molecule has 0 aromatic heterocycles. The minimum atomic E-state index is -2.99. The van der Waals surface area contributed by atoms with Gasteiger partial charge in [-0.1, -0.05) is 13.8 Å². The number of likely N-dealkylation sites (tertiary alicyclic amines) is 1. The summed E-state index contributed by atoms with van der Waals surface area (Å²) >= 11 is 0. The van der Waals surface area contributed by atoms with Gasteiger partial charge in [0.2, 0.25) is 10.0 Å². The molecule has 2 fully saturated rings. The topological polar surface area (TPSA) is 40.6 Å². The van der Waals surface area contributed by atoms with Crippen LogP contribution in [0, 0.1) is 11.3 Å². The van der Waals surface area contributed by atoms with E-state index in [9.17, 15) is 8.42 Å². The highest BCUT2D eigenvalue weighted by Crippen LogP contribution is 2.41. The molecule has 2 aliphatic heterocycles. The normalized spacial score (nSPS) is 26.2. The van der Waals surface area contributed by atoms with Crippen molar-refractivity contribution in [2.75, 3.05) is 39.0 Å². The van der Waals surface area contributed by atoms with E-state index in [1.54, 1.807) is 4.31 Å². The van der Waals surface area contributed by atoms with Gasteiger partial charge in [0.15, 0.2) is 0 Å². The van der Waals surface area contributed by atoms with Crippen molar-refractivity contribution >= 4 is 10.0 Å². The molecule has 4 nitrogen and oxygen atoms in total. The Morgan fingerprint density at radius 2 is 1.67 bits per heavy atom. The molecule has 5 heteroatoms. The van der Waals surface area contributed by atoms with Gasteiger partial charge in [-0.3, -0.25) is 0 Å². The van der Waals surface area contributed by atoms with E-state index in [0.717, 1.165) is 51.4 Å². The molecule has 1 spiro atoms. The van der Waals surface area contributed by atoms with E-state index >= 15 is 0 Å². The minimum Gasteiger partial charge on any atom is -0.303 e. The lowest BCUT2D eigenvalue weighted by atomic mass is 9.78. The molecule has 2 heterocycles. The fourth-order valence-corrected chi connectivity index (χ4v) is 4.24. The number of nitrogens with zero attached hydrogens (tertiary/aromatic N) is 2. The maximum Gasteiger partial charge on any atom is 0.211 e. The van der Waals surface area contributed by atoms with Gasteiger partial charge in [-0.05, 0) is 43.7 Å². The molecule has 0 saturated carbocycles. The molecule has 0 atom stereocenters. The number of piperidine rings is 1. The molecule has 0 aromatic rings. The lowest BCUT2D eigenvalue weighted by molar-refractivity contribution is 0.105. The van der Waals surface area contributed by atoms with Crippen LogP contribution in [0.4, 0.5) is 0 Å².